The molecule has 1 saturated heterocycles. The van der Waals surface area contributed by atoms with Crippen LogP contribution in [0.1, 0.15) is 29.6 Å². The van der Waals surface area contributed by atoms with Crippen molar-refractivity contribution in [1.82, 2.24) is 10.2 Å². The quantitative estimate of drug-likeness (QED) is 0.370. The topological polar surface area (TPSA) is 113 Å². The van der Waals surface area contributed by atoms with Crippen molar-refractivity contribution >= 4 is 35.2 Å². The Balaban J connectivity index is 1.59. The van der Waals surface area contributed by atoms with Gasteiger partial charge in [-0.3, -0.25) is 19.2 Å². The number of hydrogen-bond donors (Lipinski definition) is 2. The van der Waals surface area contributed by atoms with Crippen molar-refractivity contribution in [3.05, 3.63) is 64.2 Å². The van der Waals surface area contributed by atoms with Gasteiger partial charge in [-0.2, -0.15) is 8.78 Å². The molecule has 2 aromatic carbocycles. The fourth-order valence-corrected chi connectivity index (χ4v) is 3.88. The van der Waals surface area contributed by atoms with Crippen molar-refractivity contribution < 1.29 is 46.6 Å². The number of piperidine rings is 1. The van der Waals surface area contributed by atoms with E-state index in [0.717, 1.165) is 0 Å². The second-order valence-corrected chi connectivity index (χ2v) is 8.72. The summed E-state index contributed by atoms with van der Waals surface area (Å²) in [6, 6.07) is 4.62. The Kier molecular flexibility index (Phi) is 9.09. The van der Waals surface area contributed by atoms with Gasteiger partial charge in [0.25, 0.3) is 5.91 Å². The van der Waals surface area contributed by atoms with Crippen LogP contribution in [0, 0.1) is 29.2 Å². The summed E-state index contributed by atoms with van der Waals surface area (Å²) in [7, 11) is 0. The first-order chi connectivity index (χ1) is 17.5. The van der Waals surface area contributed by atoms with Gasteiger partial charge in [0.05, 0.1) is 6.42 Å². The zero-order chi connectivity index (χ0) is 27.3. The summed E-state index contributed by atoms with van der Waals surface area (Å²) in [5.41, 5.74) is 0.422. The number of amides is 2. The average molecular weight is 545 g/mol. The normalized spacial score (nSPS) is 14.7. The molecule has 0 bridgehead atoms. The summed E-state index contributed by atoms with van der Waals surface area (Å²) in [5, 5.41) is 11.9. The van der Waals surface area contributed by atoms with Gasteiger partial charge in [0.2, 0.25) is 17.5 Å². The number of Topliss-reactive ketones (excluding diaryl/α,β-unsaturated/α-hetero) is 1. The van der Waals surface area contributed by atoms with Crippen LogP contribution in [0.4, 0.5) is 17.6 Å². The minimum Gasteiger partial charge on any atom is -0.481 e. The van der Waals surface area contributed by atoms with Crippen molar-refractivity contribution in [1.29, 1.82) is 0 Å². The summed E-state index contributed by atoms with van der Waals surface area (Å²) in [5.74, 6) is -12.8. The van der Waals surface area contributed by atoms with E-state index in [4.69, 9.17) is 16.7 Å². The monoisotopic (exact) mass is 544 g/mol. The van der Waals surface area contributed by atoms with E-state index in [2.05, 4.69) is 10.1 Å². The number of halogens is 5. The molecule has 0 saturated carbocycles. The Bertz CT molecular complexity index is 1180. The van der Waals surface area contributed by atoms with Gasteiger partial charge >= 0.3 is 5.97 Å². The molecule has 0 aromatic heterocycles. The van der Waals surface area contributed by atoms with Crippen molar-refractivity contribution in [3.63, 3.8) is 0 Å². The van der Waals surface area contributed by atoms with Gasteiger partial charge in [0, 0.05) is 35.7 Å². The molecular weight excluding hydrogens is 524 g/mol. The second-order valence-electron chi connectivity index (χ2n) is 8.28. The predicted molar refractivity (Wildman–Crippen MR) is 121 cm³/mol. The number of carboxylic acid groups (broad SMARTS) is 1. The largest absolute Gasteiger partial charge is 0.481 e. The molecule has 13 heteroatoms. The highest BCUT2D eigenvalue weighted by Crippen LogP contribution is 2.26. The van der Waals surface area contributed by atoms with Crippen molar-refractivity contribution in [3.8, 4) is 5.75 Å². The van der Waals surface area contributed by atoms with Crippen LogP contribution < -0.4 is 10.1 Å². The molecule has 8 nitrogen and oxygen atoms in total. The maximum absolute atomic E-state index is 13.8. The molecule has 1 fully saturated rings. The van der Waals surface area contributed by atoms with Crippen molar-refractivity contribution in [2.24, 2.45) is 5.92 Å². The zero-order valence-electron chi connectivity index (χ0n) is 19.1. The Labute approximate surface area is 213 Å². The SMILES string of the molecule is O=C(O)C[C@H](NC(=O)C1CCN(C(=O)c2ccc(Cl)cc2)CC1)C(=O)COc1c(F)c(F)cc(F)c1F. The second kappa shape index (κ2) is 12.0. The summed E-state index contributed by atoms with van der Waals surface area (Å²) in [6.07, 6.45) is -0.409. The standard InChI is InChI=1S/C24H21ClF4N2O6/c25-14-3-1-13(2-4-14)24(36)31-7-5-12(6-8-31)23(35)30-17(10-19(33)34)18(32)11-37-22-20(28)15(26)9-16(27)21(22)29/h1-4,9,12,17H,5-8,10-11H2,(H,30,35)(H,33,34)/t17-/m0/s1. The lowest BCUT2D eigenvalue weighted by molar-refractivity contribution is -0.141. The number of ether oxygens (including phenoxy) is 1. The first kappa shape index (κ1) is 27.9. The van der Waals surface area contributed by atoms with Crippen LogP contribution in [-0.2, 0) is 14.4 Å². The maximum atomic E-state index is 13.8. The predicted octanol–water partition coefficient (Wildman–Crippen LogP) is 3.36. The van der Waals surface area contributed by atoms with Crippen LogP contribution in [0.5, 0.6) is 5.75 Å². The van der Waals surface area contributed by atoms with E-state index >= 15 is 0 Å². The van der Waals surface area contributed by atoms with Crippen LogP contribution in [0.15, 0.2) is 30.3 Å². The van der Waals surface area contributed by atoms with E-state index in [-0.39, 0.29) is 37.9 Å². The number of nitrogens with one attached hydrogen (secondary N) is 1. The third-order valence-electron chi connectivity index (χ3n) is 5.76. The number of carbonyl (C=O) groups is 4. The Morgan fingerprint density at radius 1 is 1.03 bits per heavy atom. The molecule has 2 N–H and O–H groups in total. The van der Waals surface area contributed by atoms with Gasteiger partial charge in [0.1, 0.15) is 12.6 Å². The van der Waals surface area contributed by atoms with Gasteiger partial charge in [-0.15, -0.1) is 0 Å². The number of nitrogens with zero attached hydrogens (tertiary/aromatic N) is 1. The number of hydrogen-bond acceptors (Lipinski definition) is 5. The molecule has 3 rings (SSSR count). The highest BCUT2D eigenvalue weighted by atomic mass is 35.5. The van der Waals surface area contributed by atoms with Gasteiger partial charge in [-0.05, 0) is 37.1 Å². The lowest BCUT2D eigenvalue weighted by Crippen LogP contribution is -2.49. The first-order valence-electron chi connectivity index (χ1n) is 11.0. The lowest BCUT2D eigenvalue weighted by atomic mass is 9.94. The Morgan fingerprint density at radius 2 is 1.59 bits per heavy atom. The lowest BCUT2D eigenvalue weighted by Gasteiger charge is -2.32. The third-order valence-corrected chi connectivity index (χ3v) is 6.01. The molecule has 0 unspecified atom stereocenters. The summed E-state index contributed by atoms with van der Waals surface area (Å²) in [6.45, 7) is -0.712. The van der Waals surface area contributed by atoms with Crippen LogP contribution in [0.25, 0.3) is 0 Å². The van der Waals surface area contributed by atoms with Gasteiger partial charge < -0.3 is 20.1 Å². The molecule has 1 atom stereocenters. The summed E-state index contributed by atoms with van der Waals surface area (Å²) < 4.78 is 58.8. The molecule has 1 heterocycles. The number of ketones is 1. The van der Waals surface area contributed by atoms with Crippen LogP contribution in [0.3, 0.4) is 0 Å². The zero-order valence-corrected chi connectivity index (χ0v) is 19.9. The van der Waals surface area contributed by atoms with Crippen molar-refractivity contribution in [2.45, 2.75) is 25.3 Å². The van der Waals surface area contributed by atoms with Gasteiger partial charge in [0.15, 0.2) is 23.2 Å². The fourth-order valence-electron chi connectivity index (χ4n) is 3.75. The number of carbonyl (C=O) groups excluding carboxylic acids is 3. The van der Waals surface area contributed by atoms with Gasteiger partial charge in [-0.1, -0.05) is 11.6 Å². The molecule has 2 aromatic rings. The van der Waals surface area contributed by atoms with Gasteiger partial charge in [-0.25, -0.2) is 8.78 Å². The average Bonchev–Trinajstić information content (AvgIpc) is 2.86. The smallest absolute Gasteiger partial charge is 0.305 e. The van der Waals surface area contributed by atoms with E-state index < -0.39 is 71.7 Å². The maximum Gasteiger partial charge on any atom is 0.305 e. The molecule has 198 valence electrons. The summed E-state index contributed by atoms with van der Waals surface area (Å²) >= 11 is 5.83. The van der Waals surface area contributed by atoms with Crippen LogP contribution in [-0.4, -0.2) is 59.3 Å². The van der Waals surface area contributed by atoms with E-state index in [1.54, 1.807) is 29.2 Å². The van der Waals surface area contributed by atoms with Crippen LogP contribution in [0.2, 0.25) is 5.02 Å². The molecule has 0 radical (unpaired) electrons. The summed E-state index contributed by atoms with van der Waals surface area (Å²) in [4.78, 5) is 50.6. The fraction of sp³-hybridized carbons (Fsp3) is 0.333. The molecule has 37 heavy (non-hydrogen) atoms. The third kappa shape index (κ3) is 6.97. The molecule has 2 amide bonds. The van der Waals surface area contributed by atoms with E-state index in [1.165, 1.54) is 0 Å². The highest BCUT2D eigenvalue weighted by Gasteiger charge is 2.32. The van der Waals surface area contributed by atoms with E-state index in [1.807, 2.05) is 0 Å². The highest BCUT2D eigenvalue weighted by molar-refractivity contribution is 6.30. The molecule has 1 aliphatic heterocycles. The van der Waals surface area contributed by atoms with E-state index in [9.17, 15) is 36.7 Å². The molecule has 0 spiro atoms. The first-order valence-corrected chi connectivity index (χ1v) is 11.4. The van der Waals surface area contributed by atoms with Crippen molar-refractivity contribution in [2.75, 3.05) is 19.7 Å². The Hall–Kier alpha value is -3.67. The minimum atomic E-state index is -1.87. The number of benzene rings is 2. The number of rotatable bonds is 9. The molecule has 0 aliphatic carbocycles. The molecule has 1 aliphatic rings. The number of aliphatic carboxylic acids is 1. The Morgan fingerprint density at radius 3 is 2.14 bits per heavy atom. The molecular formula is C24H21ClF4N2O6. The number of likely N-dealkylation sites (tertiary alicyclic amines) is 1. The van der Waals surface area contributed by atoms with Crippen LogP contribution >= 0.6 is 11.6 Å². The number of carboxylic acids is 1. The van der Waals surface area contributed by atoms with E-state index in [0.29, 0.717) is 10.6 Å². The minimum absolute atomic E-state index is 0.0405.